The number of benzene rings is 2. The lowest BCUT2D eigenvalue weighted by Gasteiger charge is -2.28. The molecule has 1 aliphatic rings. The van der Waals surface area contributed by atoms with Crippen molar-refractivity contribution in [1.29, 1.82) is 0 Å². The third-order valence-corrected chi connectivity index (χ3v) is 4.14. The lowest BCUT2D eigenvalue weighted by Crippen LogP contribution is -2.29. The summed E-state index contributed by atoms with van der Waals surface area (Å²) in [4.78, 5) is 4.50. The fourth-order valence-corrected chi connectivity index (χ4v) is 2.91. The smallest absolute Gasteiger partial charge is 0.225 e. The quantitative estimate of drug-likeness (QED) is 0.705. The highest BCUT2D eigenvalue weighted by molar-refractivity contribution is 5.97. The summed E-state index contributed by atoms with van der Waals surface area (Å²) in [5.74, 6) is 0.378. The zero-order chi connectivity index (χ0) is 18.3. The Morgan fingerprint density at radius 3 is 2.54 bits per heavy atom. The second kappa shape index (κ2) is 6.01. The number of ether oxygens (including phenoxy) is 1. The predicted molar refractivity (Wildman–Crippen MR) is 94.8 cm³/mol. The van der Waals surface area contributed by atoms with Crippen LogP contribution in [0.3, 0.4) is 0 Å². The van der Waals surface area contributed by atoms with Gasteiger partial charge in [0.15, 0.2) is 11.9 Å². The van der Waals surface area contributed by atoms with Crippen LogP contribution in [-0.4, -0.2) is 26.1 Å². The van der Waals surface area contributed by atoms with Crippen LogP contribution < -0.4 is 0 Å². The summed E-state index contributed by atoms with van der Waals surface area (Å²) in [6.45, 7) is 6.02. The third kappa shape index (κ3) is 2.75. The van der Waals surface area contributed by atoms with Gasteiger partial charge in [-0.25, -0.2) is 14.1 Å². The first kappa shape index (κ1) is 16.4. The van der Waals surface area contributed by atoms with E-state index in [0.717, 1.165) is 5.56 Å². The van der Waals surface area contributed by atoms with Crippen molar-refractivity contribution in [2.24, 2.45) is 4.99 Å². The number of aromatic nitrogens is 4. The highest BCUT2D eigenvalue weighted by Crippen LogP contribution is 2.38. The SMILES string of the molecule is CC(C)(C)n1nnnc1C1OC(c2ccccc2F)=Nc2ccccc21. The molecule has 0 N–H and O–H groups in total. The maximum atomic E-state index is 14.3. The van der Waals surface area contributed by atoms with Gasteiger partial charge in [-0.1, -0.05) is 30.3 Å². The topological polar surface area (TPSA) is 65.2 Å². The zero-order valence-electron chi connectivity index (χ0n) is 14.7. The van der Waals surface area contributed by atoms with Gasteiger partial charge in [-0.2, -0.15) is 0 Å². The molecular formula is C19H18FN5O. The second-order valence-electron chi connectivity index (χ2n) is 7.07. The minimum Gasteiger partial charge on any atom is -0.460 e. The Morgan fingerprint density at radius 2 is 1.77 bits per heavy atom. The summed E-state index contributed by atoms with van der Waals surface area (Å²) in [5.41, 5.74) is 1.53. The summed E-state index contributed by atoms with van der Waals surface area (Å²) in [7, 11) is 0. The molecule has 0 spiro atoms. The minimum atomic E-state index is -0.576. The lowest BCUT2D eigenvalue weighted by molar-refractivity contribution is 0.197. The molecule has 0 amide bonds. The molecule has 1 aromatic heterocycles. The van der Waals surface area contributed by atoms with E-state index in [1.165, 1.54) is 6.07 Å². The van der Waals surface area contributed by atoms with Crippen molar-refractivity contribution in [3.8, 4) is 0 Å². The number of rotatable bonds is 2. The van der Waals surface area contributed by atoms with Crippen molar-refractivity contribution >= 4 is 11.6 Å². The molecule has 7 heteroatoms. The van der Waals surface area contributed by atoms with E-state index in [1.807, 2.05) is 45.0 Å². The largest absolute Gasteiger partial charge is 0.460 e. The van der Waals surface area contributed by atoms with Gasteiger partial charge < -0.3 is 4.74 Å². The monoisotopic (exact) mass is 351 g/mol. The van der Waals surface area contributed by atoms with E-state index in [4.69, 9.17) is 4.74 Å². The average Bonchev–Trinajstić information content (AvgIpc) is 3.11. The van der Waals surface area contributed by atoms with Crippen molar-refractivity contribution < 1.29 is 9.13 Å². The van der Waals surface area contributed by atoms with Crippen LogP contribution in [0.25, 0.3) is 0 Å². The Morgan fingerprint density at radius 1 is 1.04 bits per heavy atom. The van der Waals surface area contributed by atoms with Gasteiger partial charge in [-0.05, 0) is 49.4 Å². The van der Waals surface area contributed by atoms with E-state index < -0.39 is 6.10 Å². The molecule has 0 saturated carbocycles. The molecule has 132 valence electrons. The fraction of sp³-hybridized carbons (Fsp3) is 0.263. The number of hydrogen-bond donors (Lipinski definition) is 0. The van der Waals surface area contributed by atoms with E-state index in [-0.39, 0.29) is 17.3 Å². The maximum absolute atomic E-state index is 14.3. The predicted octanol–water partition coefficient (Wildman–Crippen LogP) is 3.77. The number of para-hydroxylation sites is 1. The number of aliphatic imine (C=N–C) groups is 1. The van der Waals surface area contributed by atoms with Crippen molar-refractivity contribution in [2.45, 2.75) is 32.4 Å². The molecule has 0 fully saturated rings. The van der Waals surface area contributed by atoms with E-state index in [0.29, 0.717) is 17.1 Å². The summed E-state index contributed by atoms with van der Waals surface area (Å²) in [6, 6.07) is 14.0. The van der Waals surface area contributed by atoms with Crippen LogP contribution in [0.15, 0.2) is 53.5 Å². The Kier molecular flexibility index (Phi) is 3.79. The molecule has 26 heavy (non-hydrogen) atoms. The third-order valence-electron chi connectivity index (χ3n) is 4.14. The van der Waals surface area contributed by atoms with Gasteiger partial charge in [0.05, 0.1) is 16.8 Å². The Bertz CT molecular complexity index is 989. The van der Waals surface area contributed by atoms with Crippen molar-refractivity contribution in [2.75, 3.05) is 0 Å². The summed E-state index contributed by atoms with van der Waals surface area (Å²) < 4.78 is 22.1. The van der Waals surface area contributed by atoms with Crippen molar-refractivity contribution in [3.63, 3.8) is 0 Å². The first-order valence-electron chi connectivity index (χ1n) is 8.33. The molecule has 1 aliphatic heterocycles. The number of hydrogen-bond acceptors (Lipinski definition) is 5. The molecule has 0 saturated heterocycles. The highest BCUT2D eigenvalue weighted by atomic mass is 19.1. The minimum absolute atomic E-state index is 0.218. The van der Waals surface area contributed by atoms with Crippen LogP contribution in [0.1, 0.15) is 43.8 Å². The maximum Gasteiger partial charge on any atom is 0.225 e. The second-order valence-corrected chi connectivity index (χ2v) is 7.07. The van der Waals surface area contributed by atoms with Gasteiger partial charge in [0.25, 0.3) is 0 Å². The van der Waals surface area contributed by atoms with Crippen LogP contribution in [0.2, 0.25) is 0 Å². The molecule has 2 aromatic carbocycles. The van der Waals surface area contributed by atoms with Gasteiger partial charge in [-0.15, -0.1) is 5.10 Å². The summed E-state index contributed by atoms with van der Waals surface area (Å²) >= 11 is 0. The van der Waals surface area contributed by atoms with E-state index in [2.05, 4.69) is 20.5 Å². The van der Waals surface area contributed by atoms with Crippen LogP contribution in [0.4, 0.5) is 10.1 Å². The molecule has 4 rings (SSSR count). The van der Waals surface area contributed by atoms with Gasteiger partial charge in [0.1, 0.15) is 5.82 Å². The normalized spacial score (nSPS) is 16.6. The standard InChI is InChI=1S/C19H18FN5O/c1-19(2,3)25-17(22-23-24-25)16-13-9-5-7-11-15(13)21-18(26-16)12-8-4-6-10-14(12)20/h4-11,16H,1-3H3. The summed E-state index contributed by atoms with van der Waals surface area (Å²) in [5, 5.41) is 12.1. The number of fused-ring (bicyclic) bond motifs is 1. The molecule has 1 unspecified atom stereocenters. The number of tetrazole rings is 1. The highest BCUT2D eigenvalue weighted by Gasteiger charge is 2.33. The van der Waals surface area contributed by atoms with Gasteiger partial charge in [0.2, 0.25) is 5.90 Å². The van der Waals surface area contributed by atoms with Crippen LogP contribution in [0, 0.1) is 5.82 Å². The Labute approximate surface area is 150 Å². The Balaban J connectivity index is 1.87. The van der Waals surface area contributed by atoms with Crippen LogP contribution >= 0.6 is 0 Å². The van der Waals surface area contributed by atoms with E-state index >= 15 is 0 Å². The van der Waals surface area contributed by atoms with Gasteiger partial charge in [0, 0.05) is 5.56 Å². The molecule has 6 nitrogen and oxygen atoms in total. The lowest BCUT2D eigenvalue weighted by atomic mass is 10.0. The first-order valence-corrected chi connectivity index (χ1v) is 8.33. The molecule has 3 aromatic rings. The van der Waals surface area contributed by atoms with E-state index in [9.17, 15) is 4.39 Å². The van der Waals surface area contributed by atoms with Crippen molar-refractivity contribution in [1.82, 2.24) is 20.2 Å². The molecule has 1 atom stereocenters. The van der Waals surface area contributed by atoms with Gasteiger partial charge in [-0.3, -0.25) is 0 Å². The molecule has 0 bridgehead atoms. The molecule has 0 radical (unpaired) electrons. The van der Waals surface area contributed by atoms with Crippen LogP contribution in [-0.2, 0) is 10.3 Å². The summed E-state index contributed by atoms with van der Waals surface area (Å²) in [6.07, 6.45) is -0.576. The van der Waals surface area contributed by atoms with Gasteiger partial charge >= 0.3 is 0 Å². The average molecular weight is 351 g/mol. The molecule has 2 heterocycles. The molecular weight excluding hydrogens is 333 g/mol. The van der Waals surface area contributed by atoms with Crippen molar-refractivity contribution in [3.05, 3.63) is 71.3 Å². The van der Waals surface area contributed by atoms with Crippen LogP contribution in [0.5, 0.6) is 0 Å². The number of halogens is 1. The zero-order valence-corrected chi connectivity index (χ0v) is 14.7. The fourth-order valence-electron chi connectivity index (χ4n) is 2.91. The Hall–Kier alpha value is -3.09. The first-order chi connectivity index (χ1) is 12.4. The number of nitrogens with zero attached hydrogens (tertiary/aromatic N) is 5. The van der Waals surface area contributed by atoms with E-state index in [1.54, 1.807) is 22.9 Å². The molecule has 0 aliphatic carbocycles.